The van der Waals surface area contributed by atoms with Crippen LogP contribution in [0, 0.1) is 0 Å². The van der Waals surface area contributed by atoms with Gasteiger partial charge in [-0.25, -0.2) is 4.98 Å². The first-order valence-corrected chi connectivity index (χ1v) is 7.64. The summed E-state index contributed by atoms with van der Waals surface area (Å²) >= 11 is 3.36. The minimum atomic E-state index is -0.216. The fourth-order valence-corrected chi connectivity index (χ4v) is 3.00. The van der Waals surface area contributed by atoms with E-state index in [1.807, 2.05) is 20.9 Å². The molecule has 1 N–H and O–H groups in total. The zero-order valence-electron chi connectivity index (χ0n) is 10.9. The number of thiophene rings is 1. The summed E-state index contributed by atoms with van der Waals surface area (Å²) in [4.78, 5) is 6.77. The molecule has 2 heterocycles. The van der Waals surface area contributed by atoms with Crippen LogP contribution in [0.1, 0.15) is 19.5 Å². The number of aliphatic hydroxyl groups excluding tert-OH is 1. The van der Waals surface area contributed by atoms with Crippen LogP contribution in [0.4, 0.5) is 0 Å². The third-order valence-corrected chi connectivity index (χ3v) is 4.76. The second-order valence-corrected chi connectivity index (χ2v) is 6.62. The molecule has 5 heteroatoms. The molecule has 18 heavy (non-hydrogen) atoms. The van der Waals surface area contributed by atoms with Crippen LogP contribution in [0.25, 0.3) is 10.6 Å². The van der Waals surface area contributed by atoms with Gasteiger partial charge in [-0.05, 0) is 32.3 Å². The van der Waals surface area contributed by atoms with Crippen LogP contribution in [0.2, 0.25) is 0 Å². The number of likely N-dealkylation sites (N-methyl/N-ethyl adjacent to an activating group) is 1. The maximum Gasteiger partial charge on any atom is 0.124 e. The molecule has 0 aromatic carbocycles. The Kier molecular flexibility index (Phi) is 4.17. The fourth-order valence-electron chi connectivity index (χ4n) is 1.48. The molecule has 0 saturated heterocycles. The Balaban J connectivity index is 2.08. The number of aliphatic hydroxyl groups is 1. The minimum Gasteiger partial charge on any atom is -0.394 e. The van der Waals surface area contributed by atoms with Crippen molar-refractivity contribution < 1.29 is 5.11 Å². The lowest BCUT2D eigenvalue weighted by Crippen LogP contribution is -2.43. The Labute approximate surface area is 116 Å². The quantitative estimate of drug-likeness (QED) is 0.915. The molecule has 0 spiro atoms. The summed E-state index contributed by atoms with van der Waals surface area (Å²) < 4.78 is 0. The number of hydrogen-bond acceptors (Lipinski definition) is 5. The monoisotopic (exact) mass is 282 g/mol. The van der Waals surface area contributed by atoms with E-state index in [1.165, 1.54) is 5.56 Å². The van der Waals surface area contributed by atoms with Gasteiger partial charge in [0.25, 0.3) is 0 Å². The van der Waals surface area contributed by atoms with Crippen molar-refractivity contribution in [3.05, 3.63) is 27.9 Å². The van der Waals surface area contributed by atoms with Crippen molar-refractivity contribution in [2.24, 2.45) is 0 Å². The second-order valence-electron chi connectivity index (χ2n) is 4.98. The summed E-state index contributed by atoms with van der Waals surface area (Å²) in [5.74, 6) is 0. The van der Waals surface area contributed by atoms with Crippen molar-refractivity contribution in [1.82, 2.24) is 9.88 Å². The van der Waals surface area contributed by atoms with Gasteiger partial charge in [0.1, 0.15) is 5.01 Å². The summed E-state index contributed by atoms with van der Waals surface area (Å²) in [6.07, 6.45) is 0. The normalized spacial score (nSPS) is 12.3. The molecule has 0 radical (unpaired) electrons. The number of hydrogen-bond donors (Lipinski definition) is 1. The van der Waals surface area contributed by atoms with E-state index in [2.05, 4.69) is 32.1 Å². The predicted octanol–water partition coefficient (Wildman–Crippen LogP) is 3.07. The first kappa shape index (κ1) is 13.7. The van der Waals surface area contributed by atoms with Crippen LogP contribution < -0.4 is 0 Å². The van der Waals surface area contributed by atoms with Crippen molar-refractivity contribution in [2.45, 2.75) is 25.9 Å². The molecule has 0 aliphatic heterocycles. The number of rotatable bonds is 5. The lowest BCUT2D eigenvalue weighted by Gasteiger charge is -2.33. The van der Waals surface area contributed by atoms with E-state index in [1.54, 1.807) is 22.7 Å². The lowest BCUT2D eigenvalue weighted by atomic mass is 10.1. The molecular formula is C13H18N2OS2. The highest BCUT2D eigenvalue weighted by Crippen LogP contribution is 2.26. The van der Waals surface area contributed by atoms with Crippen LogP contribution >= 0.6 is 22.7 Å². The molecular weight excluding hydrogens is 264 g/mol. The maximum absolute atomic E-state index is 9.34. The predicted molar refractivity (Wildman–Crippen MR) is 78.1 cm³/mol. The van der Waals surface area contributed by atoms with Gasteiger partial charge < -0.3 is 5.11 Å². The third-order valence-electron chi connectivity index (χ3n) is 3.14. The third kappa shape index (κ3) is 2.98. The molecule has 0 fully saturated rings. The van der Waals surface area contributed by atoms with E-state index in [-0.39, 0.29) is 12.1 Å². The minimum absolute atomic E-state index is 0.144. The Bertz CT molecular complexity index is 491. The van der Waals surface area contributed by atoms with Crippen LogP contribution in [-0.2, 0) is 6.54 Å². The molecule has 0 amide bonds. The maximum atomic E-state index is 9.34. The average Bonchev–Trinajstić information content (AvgIpc) is 2.98. The van der Waals surface area contributed by atoms with Gasteiger partial charge in [0.05, 0.1) is 12.3 Å². The molecule has 0 aliphatic rings. The van der Waals surface area contributed by atoms with Crippen LogP contribution in [-0.4, -0.2) is 34.2 Å². The molecule has 98 valence electrons. The molecule has 0 saturated carbocycles. The summed E-state index contributed by atoms with van der Waals surface area (Å²) in [6, 6.07) is 2.09. The van der Waals surface area contributed by atoms with Crippen molar-refractivity contribution in [1.29, 1.82) is 0 Å². The smallest absolute Gasteiger partial charge is 0.124 e. The van der Waals surface area contributed by atoms with Crippen molar-refractivity contribution in [2.75, 3.05) is 13.7 Å². The summed E-state index contributed by atoms with van der Waals surface area (Å²) in [7, 11) is 2.01. The fraction of sp³-hybridized carbons (Fsp3) is 0.462. The zero-order valence-corrected chi connectivity index (χ0v) is 12.5. The van der Waals surface area contributed by atoms with Gasteiger partial charge in [0, 0.05) is 28.4 Å². The largest absolute Gasteiger partial charge is 0.394 e. The van der Waals surface area contributed by atoms with Gasteiger partial charge in [-0.3, -0.25) is 4.90 Å². The van der Waals surface area contributed by atoms with Crippen molar-refractivity contribution in [3.8, 4) is 10.6 Å². The highest BCUT2D eigenvalue weighted by molar-refractivity contribution is 7.14. The Hall–Kier alpha value is -0.750. The highest BCUT2D eigenvalue weighted by Gasteiger charge is 2.23. The molecule has 2 rings (SSSR count). The lowest BCUT2D eigenvalue weighted by molar-refractivity contribution is 0.0726. The Morgan fingerprint density at radius 2 is 2.17 bits per heavy atom. The number of thiazole rings is 1. The van der Waals surface area contributed by atoms with E-state index in [0.717, 1.165) is 17.2 Å². The Morgan fingerprint density at radius 1 is 1.39 bits per heavy atom. The van der Waals surface area contributed by atoms with Crippen molar-refractivity contribution >= 4 is 22.7 Å². The van der Waals surface area contributed by atoms with E-state index in [4.69, 9.17) is 0 Å². The molecule has 0 unspecified atom stereocenters. The van der Waals surface area contributed by atoms with Gasteiger partial charge in [0.2, 0.25) is 0 Å². The molecule has 0 aliphatic carbocycles. The van der Waals surface area contributed by atoms with Crippen LogP contribution in [0.3, 0.4) is 0 Å². The van der Waals surface area contributed by atoms with Gasteiger partial charge in [-0.1, -0.05) is 0 Å². The van der Waals surface area contributed by atoms with Gasteiger partial charge in [0.15, 0.2) is 0 Å². The molecule has 2 aromatic heterocycles. The summed E-state index contributed by atoms with van der Waals surface area (Å²) in [5, 5.41) is 16.7. The number of aromatic nitrogens is 1. The zero-order chi connectivity index (χ0) is 13.2. The van der Waals surface area contributed by atoms with E-state index in [9.17, 15) is 5.11 Å². The molecule has 3 nitrogen and oxygen atoms in total. The van der Waals surface area contributed by atoms with Gasteiger partial charge in [-0.15, -0.1) is 11.3 Å². The summed E-state index contributed by atoms with van der Waals surface area (Å²) in [5.41, 5.74) is 2.04. The molecule has 0 atom stereocenters. The van der Waals surface area contributed by atoms with Crippen LogP contribution in [0.15, 0.2) is 22.2 Å². The second kappa shape index (κ2) is 5.48. The van der Waals surface area contributed by atoms with E-state index >= 15 is 0 Å². The first-order valence-electron chi connectivity index (χ1n) is 5.82. The first-order chi connectivity index (χ1) is 8.53. The van der Waals surface area contributed by atoms with E-state index in [0.29, 0.717) is 0 Å². The van der Waals surface area contributed by atoms with E-state index < -0.39 is 0 Å². The standard InChI is InChI=1S/C13H18N2OS2/c1-13(2,9-16)15(3)6-11-8-18-12(14-11)10-4-5-17-7-10/h4-5,7-8,16H,6,9H2,1-3H3. The molecule has 0 bridgehead atoms. The van der Waals surface area contributed by atoms with Gasteiger partial charge >= 0.3 is 0 Å². The molecule has 2 aromatic rings. The number of nitrogens with zero attached hydrogens (tertiary/aromatic N) is 2. The summed E-state index contributed by atoms with van der Waals surface area (Å²) in [6.45, 7) is 4.96. The van der Waals surface area contributed by atoms with Gasteiger partial charge in [-0.2, -0.15) is 11.3 Å². The average molecular weight is 282 g/mol. The highest BCUT2D eigenvalue weighted by atomic mass is 32.1. The van der Waals surface area contributed by atoms with Crippen LogP contribution in [0.5, 0.6) is 0 Å². The van der Waals surface area contributed by atoms with Crippen molar-refractivity contribution in [3.63, 3.8) is 0 Å². The SMILES string of the molecule is CN(Cc1csc(-c2ccsc2)n1)C(C)(C)CO. The topological polar surface area (TPSA) is 36.4 Å². The Morgan fingerprint density at radius 3 is 2.78 bits per heavy atom.